The average Bonchev–Trinajstić information content (AvgIpc) is 2.33. The third-order valence-electron chi connectivity index (χ3n) is 3.95. The molecule has 18 heavy (non-hydrogen) atoms. The molecule has 2 fully saturated rings. The van der Waals surface area contributed by atoms with Crippen LogP contribution >= 0.6 is 0 Å². The highest BCUT2D eigenvalue weighted by atomic mass is 32.2. The third-order valence-corrected chi connectivity index (χ3v) is 5.67. The van der Waals surface area contributed by atoms with E-state index in [1.54, 1.807) is 0 Å². The second-order valence-corrected chi connectivity index (χ2v) is 7.85. The van der Waals surface area contributed by atoms with Gasteiger partial charge in [-0.15, -0.1) is 0 Å². The van der Waals surface area contributed by atoms with Gasteiger partial charge in [0.05, 0.1) is 11.5 Å². The maximum atomic E-state index is 12.0. The molecule has 0 aromatic carbocycles. The van der Waals surface area contributed by atoms with E-state index in [9.17, 15) is 13.2 Å². The SMILES string of the molecule is CC1CCN(C(=O)NC2CCS(=O)(=O)CC2)CC1. The highest BCUT2D eigenvalue weighted by molar-refractivity contribution is 7.91. The van der Waals surface area contributed by atoms with Crippen molar-refractivity contribution in [1.29, 1.82) is 0 Å². The molecule has 0 saturated carbocycles. The van der Waals surface area contributed by atoms with Crippen molar-refractivity contribution in [1.82, 2.24) is 10.2 Å². The molecule has 0 unspecified atom stereocenters. The standard InChI is InChI=1S/C12H22N2O3S/c1-10-2-6-14(7-3-10)12(15)13-11-4-8-18(16,17)9-5-11/h10-11H,2-9H2,1H3,(H,13,15). The van der Waals surface area contributed by atoms with Gasteiger partial charge in [0.2, 0.25) is 0 Å². The summed E-state index contributed by atoms with van der Waals surface area (Å²) >= 11 is 0. The maximum absolute atomic E-state index is 12.0. The zero-order chi connectivity index (χ0) is 13.2. The van der Waals surface area contributed by atoms with Gasteiger partial charge < -0.3 is 10.2 Å². The monoisotopic (exact) mass is 274 g/mol. The fourth-order valence-electron chi connectivity index (χ4n) is 2.51. The highest BCUT2D eigenvalue weighted by Crippen LogP contribution is 2.17. The summed E-state index contributed by atoms with van der Waals surface area (Å²) in [5.74, 6) is 1.11. The number of rotatable bonds is 1. The molecule has 2 aliphatic heterocycles. The van der Waals surface area contributed by atoms with Crippen LogP contribution in [0.15, 0.2) is 0 Å². The van der Waals surface area contributed by atoms with Gasteiger partial charge in [-0.3, -0.25) is 0 Å². The fourth-order valence-corrected chi connectivity index (χ4v) is 4.00. The first-order valence-electron chi connectivity index (χ1n) is 6.72. The van der Waals surface area contributed by atoms with Gasteiger partial charge in [0.15, 0.2) is 0 Å². The molecule has 1 N–H and O–H groups in total. The molecule has 0 aliphatic carbocycles. The summed E-state index contributed by atoms with van der Waals surface area (Å²) in [6.45, 7) is 3.84. The Morgan fingerprint density at radius 2 is 1.67 bits per heavy atom. The van der Waals surface area contributed by atoms with Crippen LogP contribution < -0.4 is 5.32 Å². The lowest BCUT2D eigenvalue weighted by Gasteiger charge is -2.32. The lowest BCUT2D eigenvalue weighted by atomic mass is 9.99. The molecule has 6 heteroatoms. The molecule has 2 aliphatic rings. The number of amides is 2. The Bertz CT molecular complexity index is 386. The number of piperidine rings is 1. The lowest BCUT2D eigenvalue weighted by molar-refractivity contribution is 0.169. The van der Waals surface area contributed by atoms with Crippen LogP contribution in [0, 0.1) is 5.92 Å². The van der Waals surface area contributed by atoms with Gasteiger partial charge in [-0.25, -0.2) is 13.2 Å². The number of hydrogen-bond donors (Lipinski definition) is 1. The van der Waals surface area contributed by atoms with Crippen LogP contribution in [-0.2, 0) is 9.84 Å². The van der Waals surface area contributed by atoms with E-state index in [4.69, 9.17) is 0 Å². The molecule has 0 aromatic heterocycles. The van der Waals surface area contributed by atoms with Crippen molar-refractivity contribution in [3.8, 4) is 0 Å². The summed E-state index contributed by atoms with van der Waals surface area (Å²) in [4.78, 5) is 13.9. The molecule has 2 rings (SSSR count). The largest absolute Gasteiger partial charge is 0.335 e. The maximum Gasteiger partial charge on any atom is 0.317 e. The van der Waals surface area contributed by atoms with E-state index in [0.29, 0.717) is 18.8 Å². The van der Waals surface area contributed by atoms with Crippen LogP contribution in [0.5, 0.6) is 0 Å². The number of nitrogens with zero attached hydrogens (tertiary/aromatic N) is 1. The fraction of sp³-hybridized carbons (Fsp3) is 0.917. The van der Waals surface area contributed by atoms with Crippen molar-refractivity contribution in [2.24, 2.45) is 5.92 Å². The molecule has 2 heterocycles. The van der Waals surface area contributed by atoms with E-state index in [0.717, 1.165) is 25.9 Å². The number of carbonyl (C=O) groups excluding carboxylic acids is 1. The second-order valence-electron chi connectivity index (χ2n) is 5.55. The summed E-state index contributed by atoms with van der Waals surface area (Å²) in [6, 6.07) is 0.00609. The summed E-state index contributed by atoms with van der Waals surface area (Å²) < 4.78 is 22.6. The summed E-state index contributed by atoms with van der Waals surface area (Å²) in [7, 11) is -2.85. The number of nitrogens with one attached hydrogen (secondary N) is 1. The minimum atomic E-state index is -2.85. The summed E-state index contributed by atoms with van der Waals surface area (Å²) in [5.41, 5.74) is 0. The number of sulfone groups is 1. The third kappa shape index (κ3) is 3.60. The minimum Gasteiger partial charge on any atom is -0.335 e. The smallest absolute Gasteiger partial charge is 0.317 e. The number of likely N-dealkylation sites (tertiary alicyclic amines) is 1. The first-order valence-corrected chi connectivity index (χ1v) is 8.54. The molecule has 2 amide bonds. The van der Waals surface area contributed by atoms with Crippen molar-refractivity contribution in [3.63, 3.8) is 0 Å². The quantitative estimate of drug-likeness (QED) is 0.776. The van der Waals surface area contributed by atoms with E-state index in [1.165, 1.54) is 0 Å². The van der Waals surface area contributed by atoms with Crippen molar-refractivity contribution in [3.05, 3.63) is 0 Å². The van der Waals surface area contributed by atoms with E-state index < -0.39 is 9.84 Å². The molecular formula is C12H22N2O3S. The van der Waals surface area contributed by atoms with Crippen LogP contribution in [0.1, 0.15) is 32.6 Å². The van der Waals surface area contributed by atoms with Gasteiger partial charge in [-0.05, 0) is 31.6 Å². The number of urea groups is 1. The van der Waals surface area contributed by atoms with Crippen molar-refractivity contribution in [2.45, 2.75) is 38.6 Å². The number of hydrogen-bond acceptors (Lipinski definition) is 3. The van der Waals surface area contributed by atoms with Crippen molar-refractivity contribution < 1.29 is 13.2 Å². The molecule has 104 valence electrons. The molecule has 0 atom stereocenters. The Morgan fingerprint density at radius 1 is 1.11 bits per heavy atom. The highest BCUT2D eigenvalue weighted by Gasteiger charge is 2.27. The zero-order valence-electron chi connectivity index (χ0n) is 10.9. The molecule has 2 saturated heterocycles. The number of carbonyl (C=O) groups is 1. The van der Waals surface area contributed by atoms with Crippen molar-refractivity contribution in [2.75, 3.05) is 24.6 Å². The molecule has 0 bridgehead atoms. The average molecular weight is 274 g/mol. The normalized spacial score (nSPS) is 25.9. The van der Waals surface area contributed by atoms with Crippen LogP contribution in [-0.4, -0.2) is 50.0 Å². The summed E-state index contributed by atoms with van der Waals surface area (Å²) in [5, 5.41) is 2.96. The molecule has 5 nitrogen and oxygen atoms in total. The predicted molar refractivity (Wildman–Crippen MR) is 70.2 cm³/mol. The molecular weight excluding hydrogens is 252 g/mol. The van der Waals surface area contributed by atoms with E-state index >= 15 is 0 Å². The van der Waals surface area contributed by atoms with Crippen LogP contribution in [0.2, 0.25) is 0 Å². The lowest BCUT2D eigenvalue weighted by Crippen LogP contribution is -2.49. The first kappa shape index (κ1) is 13.6. The van der Waals surface area contributed by atoms with Gasteiger partial charge in [0.25, 0.3) is 0 Å². The van der Waals surface area contributed by atoms with Gasteiger partial charge in [-0.1, -0.05) is 6.92 Å². The van der Waals surface area contributed by atoms with Crippen molar-refractivity contribution >= 4 is 15.9 Å². The van der Waals surface area contributed by atoms with Gasteiger partial charge in [0.1, 0.15) is 9.84 Å². The van der Waals surface area contributed by atoms with Crippen LogP contribution in [0.25, 0.3) is 0 Å². The molecule has 0 spiro atoms. The van der Waals surface area contributed by atoms with Gasteiger partial charge in [-0.2, -0.15) is 0 Å². The summed E-state index contributed by atoms with van der Waals surface area (Å²) in [6.07, 6.45) is 3.23. The van der Waals surface area contributed by atoms with Crippen LogP contribution in [0.4, 0.5) is 4.79 Å². The van der Waals surface area contributed by atoms with E-state index in [-0.39, 0.29) is 23.6 Å². The van der Waals surface area contributed by atoms with E-state index in [2.05, 4.69) is 12.2 Å². The van der Waals surface area contributed by atoms with Gasteiger partial charge >= 0.3 is 6.03 Å². The predicted octanol–water partition coefficient (Wildman–Crippen LogP) is 1.01. The second kappa shape index (κ2) is 5.47. The Morgan fingerprint density at radius 3 is 2.22 bits per heavy atom. The zero-order valence-corrected chi connectivity index (χ0v) is 11.7. The topological polar surface area (TPSA) is 66.5 Å². The minimum absolute atomic E-state index is 0.0220. The Labute approximate surface area is 109 Å². The van der Waals surface area contributed by atoms with Gasteiger partial charge in [0, 0.05) is 19.1 Å². The van der Waals surface area contributed by atoms with Crippen LogP contribution in [0.3, 0.4) is 0 Å². The molecule has 0 aromatic rings. The Hall–Kier alpha value is -0.780. The Kier molecular flexibility index (Phi) is 4.14. The molecule has 0 radical (unpaired) electrons. The van der Waals surface area contributed by atoms with E-state index in [1.807, 2.05) is 4.90 Å². The first-order chi connectivity index (χ1) is 8.46. The Balaban J connectivity index is 1.78.